The molecule has 0 fully saturated rings. The zero-order valence-corrected chi connectivity index (χ0v) is 11.3. The summed E-state index contributed by atoms with van der Waals surface area (Å²) in [4.78, 5) is 2.36. The van der Waals surface area contributed by atoms with Gasteiger partial charge in [-0.1, -0.05) is 26.7 Å². The Morgan fingerprint density at radius 1 is 1.06 bits per heavy atom. The minimum absolute atomic E-state index is 0.330. The molecular formula is C13H30N2O. The number of unbranched alkanes of at least 4 members (excludes halogenated alkanes) is 3. The highest BCUT2D eigenvalue weighted by atomic mass is 16.2. The Bertz CT molecular complexity index is 151. The normalized spacial score (nSPS) is 13.7. The van der Waals surface area contributed by atoms with Gasteiger partial charge in [0.25, 0.3) is 0 Å². The molecule has 3 N–H and O–H groups in total. The van der Waals surface area contributed by atoms with Crippen LogP contribution in [-0.4, -0.2) is 42.8 Å². The number of rotatable bonds is 10. The highest BCUT2D eigenvalue weighted by Crippen LogP contribution is 2.05. The van der Waals surface area contributed by atoms with Crippen LogP contribution in [-0.2, 0) is 0 Å². The third-order valence-electron chi connectivity index (χ3n) is 3.15. The average molecular weight is 230 g/mol. The fourth-order valence-electron chi connectivity index (χ4n) is 1.66. The van der Waals surface area contributed by atoms with Crippen molar-refractivity contribution >= 4 is 0 Å². The molecule has 3 nitrogen and oxygen atoms in total. The summed E-state index contributed by atoms with van der Waals surface area (Å²) in [5.41, 5.74) is 6.00. The summed E-state index contributed by atoms with van der Waals surface area (Å²) in [5, 5.41) is 8.65. The maximum Gasteiger partial charge on any atom is 0.0431 e. The molecule has 1 unspecified atom stereocenters. The largest absolute Gasteiger partial charge is 0.396 e. The monoisotopic (exact) mass is 230 g/mol. The van der Waals surface area contributed by atoms with Crippen molar-refractivity contribution in [1.29, 1.82) is 0 Å². The van der Waals surface area contributed by atoms with E-state index in [4.69, 9.17) is 10.8 Å². The van der Waals surface area contributed by atoms with E-state index in [1.165, 1.54) is 12.8 Å². The summed E-state index contributed by atoms with van der Waals surface area (Å²) in [7, 11) is 2.17. The second-order valence-corrected chi connectivity index (χ2v) is 5.14. The van der Waals surface area contributed by atoms with Crippen LogP contribution in [0, 0.1) is 5.92 Å². The molecule has 0 amide bonds. The molecule has 1 atom stereocenters. The minimum Gasteiger partial charge on any atom is -0.396 e. The van der Waals surface area contributed by atoms with Gasteiger partial charge in [0.05, 0.1) is 0 Å². The van der Waals surface area contributed by atoms with E-state index < -0.39 is 0 Å². The number of hydrogen-bond acceptors (Lipinski definition) is 3. The number of aliphatic hydroxyl groups excluding tert-OH is 1. The van der Waals surface area contributed by atoms with Gasteiger partial charge in [0.1, 0.15) is 0 Å². The number of hydrogen-bond donors (Lipinski definition) is 2. The maximum absolute atomic E-state index is 8.65. The first-order chi connectivity index (χ1) is 7.57. The molecule has 0 spiro atoms. The summed E-state index contributed by atoms with van der Waals surface area (Å²) >= 11 is 0. The van der Waals surface area contributed by atoms with Crippen LogP contribution in [0.25, 0.3) is 0 Å². The Balaban J connectivity index is 3.34. The van der Waals surface area contributed by atoms with Crippen LogP contribution in [0.5, 0.6) is 0 Å². The molecule has 0 aromatic rings. The van der Waals surface area contributed by atoms with Crippen molar-refractivity contribution in [2.75, 3.05) is 26.7 Å². The maximum atomic E-state index is 8.65. The molecule has 3 heteroatoms. The lowest BCUT2D eigenvalue weighted by Crippen LogP contribution is -2.32. The summed E-state index contributed by atoms with van der Waals surface area (Å²) in [5.74, 6) is 0.581. The second-order valence-electron chi connectivity index (χ2n) is 5.14. The standard InChI is InChI=1S/C13H30N2O/c1-12(2)13(14)8-10-15(3)9-6-4-5-7-11-16/h12-13,16H,4-11,14H2,1-3H3. The third-order valence-corrected chi connectivity index (χ3v) is 3.15. The van der Waals surface area contributed by atoms with Crippen LogP contribution in [0.3, 0.4) is 0 Å². The Labute approximate surface area is 101 Å². The quantitative estimate of drug-likeness (QED) is 0.563. The zero-order chi connectivity index (χ0) is 12.4. The first-order valence-electron chi connectivity index (χ1n) is 6.63. The highest BCUT2D eigenvalue weighted by Gasteiger charge is 2.08. The van der Waals surface area contributed by atoms with Gasteiger partial charge in [-0.3, -0.25) is 0 Å². The molecular weight excluding hydrogens is 200 g/mol. The lowest BCUT2D eigenvalue weighted by molar-refractivity contribution is 0.274. The van der Waals surface area contributed by atoms with Gasteiger partial charge in [-0.05, 0) is 45.3 Å². The summed E-state index contributed by atoms with van der Waals surface area (Å²) in [6.07, 6.45) is 5.64. The lowest BCUT2D eigenvalue weighted by Gasteiger charge is -2.21. The fourth-order valence-corrected chi connectivity index (χ4v) is 1.66. The van der Waals surface area contributed by atoms with E-state index in [1.54, 1.807) is 0 Å². The van der Waals surface area contributed by atoms with Gasteiger partial charge < -0.3 is 15.7 Å². The van der Waals surface area contributed by atoms with Crippen LogP contribution >= 0.6 is 0 Å². The first kappa shape index (κ1) is 15.9. The van der Waals surface area contributed by atoms with Crippen molar-refractivity contribution in [3.8, 4) is 0 Å². The zero-order valence-electron chi connectivity index (χ0n) is 11.3. The fraction of sp³-hybridized carbons (Fsp3) is 1.00. The van der Waals surface area contributed by atoms with Crippen molar-refractivity contribution < 1.29 is 5.11 Å². The molecule has 16 heavy (non-hydrogen) atoms. The van der Waals surface area contributed by atoms with E-state index in [2.05, 4.69) is 25.8 Å². The number of nitrogens with two attached hydrogens (primary N) is 1. The van der Waals surface area contributed by atoms with Gasteiger partial charge in [-0.25, -0.2) is 0 Å². The van der Waals surface area contributed by atoms with Crippen LogP contribution < -0.4 is 5.73 Å². The first-order valence-corrected chi connectivity index (χ1v) is 6.63. The molecule has 0 saturated heterocycles. The van der Waals surface area contributed by atoms with E-state index in [0.29, 0.717) is 18.6 Å². The van der Waals surface area contributed by atoms with E-state index in [1.807, 2.05) is 0 Å². The van der Waals surface area contributed by atoms with Crippen LogP contribution in [0.15, 0.2) is 0 Å². The Morgan fingerprint density at radius 2 is 1.69 bits per heavy atom. The molecule has 0 rings (SSSR count). The second kappa shape index (κ2) is 10.1. The Hall–Kier alpha value is -0.120. The van der Waals surface area contributed by atoms with E-state index in [-0.39, 0.29) is 0 Å². The van der Waals surface area contributed by atoms with Crippen molar-refractivity contribution in [2.24, 2.45) is 11.7 Å². The minimum atomic E-state index is 0.330. The SMILES string of the molecule is CC(C)C(N)CCN(C)CCCCCCO. The Kier molecular flexibility index (Phi) is 9.99. The summed E-state index contributed by atoms with van der Waals surface area (Å²) < 4.78 is 0. The van der Waals surface area contributed by atoms with Gasteiger partial charge in [0.15, 0.2) is 0 Å². The number of nitrogens with zero attached hydrogens (tertiary/aromatic N) is 1. The molecule has 0 heterocycles. The topological polar surface area (TPSA) is 49.5 Å². The van der Waals surface area contributed by atoms with E-state index >= 15 is 0 Å². The smallest absolute Gasteiger partial charge is 0.0431 e. The Morgan fingerprint density at radius 3 is 2.25 bits per heavy atom. The van der Waals surface area contributed by atoms with Crippen molar-refractivity contribution in [3.05, 3.63) is 0 Å². The van der Waals surface area contributed by atoms with E-state index in [9.17, 15) is 0 Å². The predicted octanol–water partition coefficient (Wildman–Crippen LogP) is 1.84. The van der Waals surface area contributed by atoms with Gasteiger partial charge in [-0.2, -0.15) is 0 Å². The summed E-state index contributed by atoms with van der Waals surface area (Å²) in [6, 6.07) is 0.330. The van der Waals surface area contributed by atoms with Gasteiger partial charge in [-0.15, -0.1) is 0 Å². The molecule has 0 saturated carbocycles. The van der Waals surface area contributed by atoms with Crippen molar-refractivity contribution in [3.63, 3.8) is 0 Å². The van der Waals surface area contributed by atoms with Crippen LogP contribution in [0.2, 0.25) is 0 Å². The third kappa shape index (κ3) is 9.13. The van der Waals surface area contributed by atoms with Gasteiger partial charge in [0, 0.05) is 12.6 Å². The van der Waals surface area contributed by atoms with Crippen molar-refractivity contribution in [2.45, 2.75) is 52.0 Å². The molecule has 0 aliphatic carbocycles. The highest BCUT2D eigenvalue weighted by molar-refractivity contribution is 4.67. The van der Waals surface area contributed by atoms with Gasteiger partial charge in [0.2, 0.25) is 0 Å². The molecule has 98 valence electrons. The van der Waals surface area contributed by atoms with Crippen molar-refractivity contribution in [1.82, 2.24) is 4.90 Å². The lowest BCUT2D eigenvalue weighted by atomic mass is 10.0. The predicted molar refractivity (Wildman–Crippen MR) is 70.5 cm³/mol. The average Bonchev–Trinajstić information content (AvgIpc) is 2.25. The van der Waals surface area contributed by atoms with E-state index in [0.717, 1.165) is 32.4 Å². The van der Waals surface area contributed by atoms with Crippen LogP contribution in [0.1, 0.15) is 46.0 Å². The molecule has 0 bridgehead atoms. The number of aliphatic hydroxyl groups is 1. The molecule has 0 aliphatic heterocycles. The molecule has 0 aromatic heterocycles. The summed E-state index contributed by atoms with van der Waals surface area (Å²) in [6.45, 7) is 6.94. The van der Waals surface area contributed by atoms with Gasteiger partial charge >= 0.3 is 0 Å². The van der Waals surface area contributed by atoms with Crippen LogP contribution in [0.4, 0.5) is 0 Å². The molecule has 0 radical (unpaired) electrons. The molecule has 0 aromatic carbocycles. The molecule has 0 aliphatic rings.